The lowest BCUT2D eigenvalue weighted by atomic mass is 10.1. The van der Waals surface area contributed by atoms with Crippen LogP contribution in [0, 0.1) is 0 Å². The Morgan fingerprint density at radius 2 is 1.79 bits per heavy atom. The van der Waals surface area contributed by atoms with Crippen molar-refractivity contribution in [1.29, 1.82) is 0 Å². The largest absolute Gasteiger partial charge is 0.381 e. The highest BCUT2D eigenvalue weighted by atomic mass is 16.5. The fourth-order valence-electron chi connectivity index (χ4n) is 2.76. The van der Waals surface area contributed by atoms with Crippen molar-refractivity contribution < 1.29 is 14.3 Å². The van der Waals surface area contributed by atoms with Gasteiger partial charge in [0.2, 0.25) is 0 Å². The van der Waals surface area contributed by atoms with Crippen molar-refractivity contribution in [2.45, 2.75) is 32.1 Å². The quantitative estimate of drug-likeness (QED) is 0.886. The van der Waals surface area contributed by atoms with Crippen molar-refractivity contribution in [3.63, 3.8) is 0 Å². The zero-order valence-electron chi connectivity index (χ0n) is 13.7. The van der Waals surface area contributed by atoms with E-state index in [-0.39, 0.29) is 5.91 Å². The maximum absolute atomic E-state index is 12.1. The average Bonchev–Trinajstić information content (AvgIpc) is 2.66. The maximum Gasteiger partial charge on any atom is 0.251 e. The van der Waals surface area contributed by atoms with Crippen LogP contribution < -0.4 is 5.32 Å². The third-order valence-electron chi connectivity index (χ3n) is 4.13. The van der Waals surface area contributed by atoms with E-state index in [0.717, 1.165) is 37.2 Å². The van der Waals surface area contributed by atoms with E-state index in [4.69, 9.17) is 9.47 Å². The van der Waals surface area contributed by atoms with Gasteiger partial charge in [0.05, 0.1) is 12.7 Å². The van der Waals surface area contributed by atoms with Crippen LogP contribution in [-0.4, -0.2) is 25.2 Å². The second kappa shape index (κ2) is 8.62. The van der Waals surface area contributed by atoms with E-state index in [0.29, 0.717) is 24.8 Å². The van der Waals surface area contributed by atoms with E-state index in [9.17, 15) is 4.79 Å². The summed E-state index contributed by atoms with van der Waals surface area (Å²) in [6, 6.07) is 17.4. The number of benzene rings is 2. The molecule has 2 aromatic carbocycles. The normalized spacial score (nSPS) is 15.2. The van der Waals surface area contributed by atoms with Gasteiger partial charge in [-0.1, -0.05) is 42.5 Å². The first-order valence-electron chi connectivity index (χ1n) is 8.42. The molecule has 1 N–H and O–H groups in total. The van der Waals surface area contributed by atoms with Gasteiger partial charge in [-0.25, -0.2) is 0 Å². The maximum atomic E-state index is 12.1. The first-order valence-corrected chi connectivity index (χ1v) is 8.42. The topological polar surface area (TPSA) is 47.6 Å². The third-order valence-corrected chi connectivity index (χ3v) is 4.13. The van der Waals surface area contributed by atoms with Crippen molar-refractivity contribution in [2.24, 2.45) is 0 Å². The van der Waals surface area contributed by atoms with Crippen LogP contribution in [0.4, 0.5) is 0 Å². The van der Waals surface area contributed by atoms with Gasteiger partial charge in [-0.15, -0.1) is 0 Å². The smallest absolute Gasteiger partial charge is 0.251 e. The number of nitrogens with one attached hydrogen (secondary N) is 1. The summed E-state index contributed by atoms with van der Waals surface area (Å²) in [4.78, 5) is 12.1. The average molecular weight is 325 g/mol. The van der Waals surface area contributed by atoms with Gasteiger partial charge in [0.15, 0.2) is 0 Å². The highest BCUT2D eigenvalue weighted by molar-refractivity contribution is 5.94. The Hall–Kier alpha value is -2.17. The number of hydrogen-bond donors (Lipinski definition) is 1. The standard InChI is InChI=1S/C20H23NO3/c22-20(18-7-2-1-3-8-18)21-14-16-5-4-6-17(13-16)15-24-19-9-11-23-12-10-19/h1-8,13,19H,9-12,14-15H2,(H,21,22). The van der Waals surface area contributed by atoms with Crippen LogP contribution in [0.5, 0.6) is 0 Å². The molecule has 0 bridgehead atoms. The predicted octanol–water partition coefficient (Wildman–Crippen LogP) is 3.31. The summed E-state index contributed by atoms with van der Waals surface area (Å²) in [5.74, 6) is -0.0561. The Labute approximate surface area is 142 Å². The molecule has 0 aliphatic carbocycles. The summed E-state index contributed by atoms with van der Waals surface area (Å²) in [5.41, 5.74) is 2.89. The van der Waals surface area contributed by atoms with Gasteiger partial charge in [0, 0.05) is 25.3 Å². The van der Waals surface area contributed by atoms with E-state index >= 15 is 0 Å². The van der Waals surface area contributed by atoms with Crippen molar-refractivity contribution in [3.8, 4) is 0 Å². The van der Waals surface area contributed by atoms with Gasteiger partial charge in [-0.3, -0.25) is 4.79 Å². The molecule has 1 heterocycles. The number of ether oxygens (including phenoxy) is 2. The Kier molecular flexibility index (Phi) is 5.99. The van der Waals surface area contributed by atoms with Crippen LogP contribution in [-0.2, 0) is 22.6 Å². The van der Waals surface area contributed by atoms with E-state index in [1.165, 1.54) is 0 Å². The molecule has 24 heavy (non-hydrogen) atoms. The van der Waals surface area contributed by atoms with Crippen LogP contribution in [0.15, 0.2) is 54.6 Å². The lowest BCUT2D eigenvalue weighted by molar-refractivity contribution is -0.0390. The molecule has 0 saturated carbocycles. The minimum Gasteiger partial charge on any atom is -0.381 e. The van der Waals surface area contributed by atoms with Crippen molar-refractivity contribution in [1.82, 2.24) is 5.32 Å². The van der Waals surface area contributed by atoms with Crippen LogP contribution >= 0.6 is 0 Å². The van der Waals surface area contributed by atoms with Gasteiger partial charge in [0.1, 0.15) is 0 Å². The first-order chi connectivity index (χ1) is 11.8. The molecule has 1 aliphatic heterocycles. The molecule has 0 unspecified atom stereocenters. The van der Waals surface area contributed by atoms with Crippen LogP contribution in [0.2, 0.25) is 0 Å². The van der Waals surface area contributed by atoms with Crippen molar-refractivity contribution >= 4 is 5.91 Å². The molecule has 4 nitrogen and oxygen atoms in total. The van der Waals surface area contributed by atoms with Gasteiger partial charge in [0.25, 0.3) is 5.91 Å². The first kappa shape index (κ1) is 16.7. The molecule has 0 spiro atoms. The highest BCUT2D eigenvalue weighted by Gasteiger charge is 2.14. The van der Waals surface area contributed by atoms with Gasteiger partial charge in [-0.05, 0) is 36.1 Å². The summed E-state index contributed by atoms with van der Waals surface area (Å²) < 4.78 is 11.3. The fourth-order valence-corrected chi connectivity index (χ4v) is 2.76. The van der Waals surface area contributed by atoms with Crippen LogP contribution in [0.3, 0.4) is 0 Å². The Morgan fingerprint density at radius 1 is 1.04 bits per heavy atom. The van der Waals surface area contributed by atoms with Crippen LogP contribution in [0.25, 0.3) is 0 Å². The Balaban J connectivity index is 1.50. The molecule has 1 fully saturated rings. The van der Waals surface area contributed by atoms with Gasteiger partial charge < -0.3 is 14.8 Å². The molecule has 2 aromatic rings. The fraction of sp³-hybridized carbons (Fsp3) is 0.350. The third kappa shape index (κ3) is 4.91. The SMILES string of the molecule is O=C(NCc1cccc(COC2CCOCC2)c1)c1ccccc1. The minimum absolute atomic E-state index is 0.0561. The predicted molar refractivity (Wildman–Crippen MR) is 92.7 cm³/mol. The number of rotatable bonds is 6. The molecule has 4 heteroatoms. The van der Waals surface area contributed by atoms with E-state index in [1.807, 2.05) is 42.5 Å². The van der Waals surface area contributed by atoms with Crippen molar-refractivity contribution in [3.05, 3.63) is 71.3 Å². The Morgan fingerprint density at radius 3 is 2.58 bits per heavy atom. The van der Waals surface area contributed by atoms with Gasteiger partial charge >= 0.3 is 0 Å². The summed E-state index contributed by atoms with van der Waals surface area (Å²) >= 11 is 0. The zero-order chi connectivity index (χ0) is 16.6. The molecule has 0 radical (unpaired) electrons. The van der Waals surface area contributed by atoms with Crippen molar-refractivity contribution in [2.75, 3.05) is 13.2 Å². The number of carbonyl (C=O) groups excluding carboxylic acids is 1. The van der Waals surface area contributed by atoms with E-state index in [2.05, 4.69) is 17.4 Å². The molecule has 1 aliphatic rings. The molecule has 126 valence electrons. The number of hydrogen-bond acceptors (Lipinski definition) is 3. The Bertz CT molecular complexity index is 651. The molecule has 1 amide bonds. The lowest BCUT2D eigenvalue weighted by Gasteiger charge is -2.22. The van der Waals surface area contributed by atoms with Crippen LogP contribution in [0.1, 0.15) is 34.3 Å². The lowest BCUT2D eigenvalue weighted by Crippen LogP contribution is -2.23. The zero-order valence-corrected chi connectivity index (χ0v) is 13.7. The molecule has 0 aromatic heterocycles. The van der Waals surface area contributed by atoms with Gasteiger partial charge in [-0.2, -0.15) is 0 Å². The molecule has 3 rings (SSSR count). The van der Waals surface area contributed by atoms with E-state index < -0.39 is 0 Å². The number of carbonyl (C=O) groups is 1. The molecular formula is C20H23NO3. The molecular weight excluding hydrogens is 302 g/mol. The summed E-state index contributed by atoms with van der Waals surface area (Å²) in [6.45, 7) is 2.69. The molecule has 0 atom stereocenters. The monoisotopic (exact) mass is 325 g/mol. The molecule has 1 saturated heterocycles. The minimum atomic E-state index is -0.0561. The summed E-state index contributed by atoms with van der Waals surface area (Å²) in [5, 5.41) is 2.95. The summed E-state index contributed by atoms with van der Waals surface area (Å²) in [6.07, 6.45) is 2.22. The highest BCUT2D eigenvalue weighted by Crippen LogP contribution is 2.14. The number of amides is 1. The summed E-state index contributed by atoms with van der Waals surface area (Å²) in [7, 11) is 0. The second-order valence-corrected chi connectivity index (χ2v) is 5.99. The second-order valence-electron chi connectivity index (χ2n) is 5.99. The van der Waals surface area contributed by atoms with E-state index in [1.54, 1.807) is 0 Å².